The predicted molar refractivity (Wildman–Crippen MR) is 187 cm³/mol. The molecule has 6 rings (SSSR count). The van der Waals surface area contributed by atoms with Gasteiger partial charge in [-0.2, -0.15) is 35.1 Å². The van der Waals surface area contributed by atoms with Crippen LogP contribution in [0.2, 0.25) is 0 Å². The quantitative estimate of drug-likeness (QED) is 0.170. The first-order valence-corrected chi connectivity index (χ1v) is 17.3. The highest BCUT2D eigenvalue weighted by atomic mass is 32.1. The number of H-pyrrole nitrogens is 1. The van der Waals surface area contributed by atoms with Crippen LogP contribution in [0.3, 0.4) is 0 Å². The highest BCUT2D eigenvalue weighted by molar-refractivity contribution is 7.13. The Labute approximate surface area is 311 Å². The smallest absolute Gasteiger partial charge is 0.431 e. The molecule has 2 aromatic carbocycles. The van der Waals surface area contributed by atoms with Crippen LogP contribution >= 0.6 is 23.1 Å². The number of aromatic amines is 1. The Kier molecular flexibility index (Phi) is 11.6. The van der Waals surface area contributed by atoms with Crippen LogP contribution in [0, 0.1) is 0 Å². The number of benzene rings is 2. The van der Waals surface area contributed by atoms with E-state index in [1.165, 1.54) is 24.3 Å². The Balaban J connectivity index is 0.000000211. The Morgan fingerprint density at radius 2 is 1.18 bits per heavy atom. The van der Waals surface area contributed by atoms with Crippen LogP contribution < -0.4 is 22.5 Å². The molecule has 14 nitrogen and oxygen atoms in total. The lowest BCUT2D eigenvalue weighted by molar-refractivity contribution is -0.144. The van der Waals surface area contributed by atoms with Crippen LogP contribution in [-0.4, -0.2) is 52.6 Å². The first kappa shape index (κ1) is 40.3. The van der Waals surface area contributed by atoms with Crippen LogP contribution in [-0.2, 0) is 51.3 Å². The summed E-state index contributed by atoms with van der Waals surface area (Å²) in [7, 11) is 0.942. The normalized spacial score (nSPS) is 11.7. The Morgan fingerprint density at radius 3 is 1.62 bits per heavy atom. The molecular formula is C33H26F6N6O8S2. The van der Waals surface area contributed by atoms with Crippen LogP contribution in [0.4, 0.5) is 26.3 Å². The van der Waals surface area contributed by atoms with Crippen molar-refractivity contribution in [2.24, 2.45) is 7.05 Å². The number of carbonyl (C=O) groups is 2. The minimum Gasteiger partial charge on any atom is -0.466 e. The molecule has 0 amide bonds. The summed E-state index contributed by atoms with van der Waals surface area (Å²) in [6, 6.07) is 9.57. The fraction of sp³-hybridized carbons (Fsp3) is 0.273. The molecule has 0 fully saturated rings. The molecular weight excluding hydrogens is 787 g/mol. The number of nitrogens with one attached hydrogen (secondary N) is 1. The van der Waals surface area contributed by atoms with Crippen molar-refractivity contribution in [3.8, 4) is 11.4 Å². The van der Waals surface area contributed by atoms with E-state index >= 15 is 0 Å². The van der Waals surface area contributed by atoms with Gasteiger partial charge in [-0.15, -0.1) is 0 Å². The topological polar surface area (TPSA) is 177 Å². The summed E-state index contributed by atoms with van der Waals surface area (Å²) in [6.45, 7) is 3.76. The first-order chi connectivity index (χ1) is 25.8. The third kappa shape index (κ3) is 8.75. The molecule has 22 heteroatoms. The van der Waals surface area contributed by atoms with E-state index in [-0.39, 0.29) is 37.4 Å². The van der Waals surface area contributed by atoms with Gasteiger partial charge in [0.1, 0.15) is 11.4 Å². The number of esters is 2. The Morgan fingerprint density at radius 1 is 0.709 bits per heavy atom. The van der Waals surface area contributed by atoms with Gasteiger partial charge in [0, 0.05) is 30.0 Å². The van der Waals surface area contributed by atoms with E-state index in [1.54, 1.807) is 31.0 Å². The van der Waals surface area contributed by atoms with Crippen LogP contribution in [0.1, 0.15) is 36.6 Å². The molecule has 0 atom stereocenters. The van der Waals surface area contributed by atoms with E-state index in [2.05, 4.69) is 8.75 Å². The van der Waals surface area contributed by atoms with E-state index in [0.717, 1.165) is 30.1 Å². The van der Waals surface area contributed by atoms with Gasteiger partial charge in [-0.1, -0.05) is 0 Å². The first-order valence-electron chi connectivity index (χ1n) is 15.8. The van der Waals surface area contributed by atoms with Crippen molar-refractivity contribution in [3.05, 3.63) is 113 Å². The van der Waals surface area contributed by atoms with Crippen molar-refractivity contribution in [2.45, 2.75) is 39.0 Å². The monoisotopic (exact) mass is 812 g/mol. The van der Waals surface area contributed by atoms with E-state index in [1.807, 2.05) is 0 Å². The molecule has 0 aliphatic rings. The van der Waals surface area contributed by atoms with Gasteiger partial charge in [0.15, 0.2) is 0 Å². The molecule has 0 bridgehead atoms. The summed E-state index contributed by atoms with van der Waals surface area (Å²) >= 11 is 2.23. The molecule has 290 valence electrons. The molecule has 6 aromatic rings. The summed E-state index contributed by atoms with van der Waals surface area (Å²) in [4.78, 5) is 73.9. The maximum atomic E-state index is 13.0. The maximum Gasteiger partial charge on any atom is 0.431 e. The van der Waals surface area contributed by atoms with Gasteiger partial charge in [-0.25, -0.2) is 18.7 Å². The summed E-state index contributed by atoms with van der Waals surface area (Å²) in [5.41, 5.74) is -6.40. The standard InChI is InChI=1S/C17H14F3N3O4S.C16H12F3N3O4S/c1-3-27-15(25)7-11-10-6-9(4-5-12(10)28-21-11)23-14(24)8-13(17(18,19)20)22(2)16(23)26;1-2-26-14(24)6-10-9-5-8(3-4-11(9)27-21-10)22-13(23)7-12(16(17,18)19)20-15(22)25/h4-6,8H,3,7H2,1-2H3;3-5,7H,2,6H2,1H3,(H,20,25). The maximum absolute atomic E-state index is 13.0. The number of carbonyl (C=O) groups excluding carboxylic acids is 2. The van der Waals surface area contributed by atoms with E-state index < -0.39 is 58.2 Å². The minimum atomic E-state index is -4.84. The number of hydrogen-bond acceptors (Lipinski definition) is 12. The van der Waals surface area contributed by atoms with E-state index in [0.29, 0.717) is 57.4 Å². The zero-order valence-corrected chi connectivity index (χ0v) is 30.2. The number of halogens is 6. The third-order valence-electron chi connectivity index (χ3n) is 7.66. The molecule has 0 saturated carbocycles. The lowest BCUT2D eigenvalue weighted by Gasteiger charge is -2.14. The minimum absolute atomic E-state index is 0.0628. The zero-order chi connectivity index (χ0) is 40.4. The summed E-state index contributed by atoms with van der Waals surface area (Å²) < 4.78 is 98.2. The van der Waals surface area contributed by atoms with Crippen LogP contribution in [0.5, 0.6) is 0 Å². The molecule has 4 aromatic heterocycles. The molecule has 0 aliphatic carbocycles. The second-order valence-electron chi connectivity index (χ2n) is 11.3. The number of ether oxygens (including phenoxy) is 2. The van der Waals surface area contributed by atoms with Gasteiger partial charge in [-0.05, 0) is 73.3 Å². The van der Waals surface area contributed by atoms with Crippen molar-refractivity contribution < 1.29 is 45.4 Å². The van der Waals surface area contributed by atoms with Crippen molar-refractivity contribution in [3.63, 3.8) is 0 Å². The molecule has 0 aliphatic heterocycles. The fourth-order valence-electron chi connectivity index (χ4n) is 5.21. The summed E-state index contributed by atoms with van der Waals surface area (Å²) in [5, 5.41) is 1.03. The van der Waals surface area contributed by atoms with Crippen molar-refractivity contribution >= 4 is 55.2 Å². The molecule has 0 spiro atoms. The van der Waals surface area contributed by atoms with Gasteiger partial charge in [0.25, 0.3) is 11.1 Å². The molecule has 0 saturated heterocycles. The summed E-state index contributed by atoms with van der Waals surface area (Å²) in [5.74, 6) is -0.970. The van der Waals surface area contributed by atoms with E-state index in [4.69, 9.17) is 9.47 Å². The molecule has 0 unspecified atom stereocenters. The van der Waals surface area contributed by atoms with Gasteiger partial charge in [-0.3, -0.25) is 23.7 Å². The second kappa shape index (κ2) is 15.8. The molecule has 4 heterocycles. The SMILES string of the molecule is CCOC(=O)Cc1nsc2ccc(-n3c(=O)cc(C(F)(F)F)[nH]c3=O)cc12.CCOC(=O)Cc1nsc2ccc(-n3c(=O)cc(C(F)(F)F)n(C)c3=O)cc12. The highest BCUT2D eigenvalue weighted by Gasteiger charge is 2.35. The molecule has 55 heavy (non-hydrogen) atoms. The lowest BCUT2D eigenvalue weighted by atomic mass is 10.1. The predicted octanol–water partition coefficient (Wildman–Crippen LogP) is 4.53. The lowest BCUT2D eigenvalue weighted by Crippen LogP contribution is -2.40. The number of alkyl halides is 6. The second-order valence-corrected chi connectivity index (χ2v) is 12.9. The van der Waals surface area contributed by atoms with Gasteiger partial charge >= 0.3 is 35.7 Å². The van der Waals surface area contributed by atoms with Crippen LogP contribution in [0.15, 0.2) is 67.7 Å². The average molecular weight is 813 g/mol. The average Bonchev–Trinajstić information content (AvgIpc) is 3.68. The Hall–Kier alpha value is -5.90. The Bertz CT molecular complexity index is 2640. The van der Waals surface area contributed by atoms with Gasteiger partial charge in [0.2, 0.25) is 0 Å². The number of fused-ring (bicyclic) bond motifs is 2. The van der Waals surface area contributed by atoms with Crippen molar-refractivity contribution in [2.75, 3.05) is 13.2 Å². The summed E-state index contributed by atoms with van der Waals surface area (Å²) in [6.07, 6.45) is -9.88. The van der Waals surface area contributed by atoms with E-state index in [9.17, 15) is 55.1 Å². The fourth-order valence-corrected chi connectivity index (χ4v) is 6.76. The number of nitrogens with zero attached hydrogens (tertiary/aromatic N) is 5. The molecule has 0 radical (unpaired) electrons. The zero-order valence-electron chi connectivity index (χ0n) is 28.5. The number of hydrogen-bond donors (Lipinski definition) is 1. The number of rotatable bonds is 8. The molecule has 1 N–H and O–H groups in total. The van der Waals surface area contributed by atoms with Gasteiger partial charge < -0.3 is 14.5 Å². The largest absolute Gasteiger partial charge is 0.466 e. The number of aromatic nitrogens is 6. The highest BCUT2D eigenvalue weighted by Crippen LogP contribution is 2.29. The van der Waals surface area contributed by atoms with Crippen molar-refractivity contribution in [1.82, 2.24) is 27.4 Å². The van der Waals surface area contributed by atoms with Gasteiger partial charge in [0.05, 0.1) is 58.2 Å². The van der Waals surface area contributed by atoms with Crippen LogP contribution in [0.25, 0.3) is 31.5 Å². The van der Waals surface area contributed by atoms with Crippen molar-refractivity contribution in [1.29, 1.82) is 0 Å². The third-order valence-corrected chi connectivity index (χ3v) is 9.38.